The molecule has 2 N–H and O–H groups in total. The summed E-state index contributed by atoms with van der Waals surface area (Å²) in [5.41, 5.74) is 5.79. The Morgan fingerprint density at radius 2 is 1.79 bits per heavy atom. The van der Waals surface area contributed by atoms with E-state index in [-0.39, 0.29) is 12.3 Å². The molecule has 0 unspecified atom stereocenters. The lowest BCUT2D eigenvalue weighted by molar-refractivity contribution is -0.0643. The quantitative estimate of drug-likeness (QED) is 0.897. The average Bonchev–Trinajstić information content (AvgIpc) is 2.67. The number of aromatic nitrogens is 2. The third-order valence-corrected chi connectivity index (χ3v) is 5.47. The lowest BCUT2D eigenvalue weighted by atomic mass is 9.49. The molecule has 1 aromatic rings. The Labute approximate surface area is 112 Å². The van der Waals surface area contributed by atoms with Gasteiger partial charge < -0.3 is 10.2 Å². The summed E-state index contributed by atoms with van der Waals surface area (Å²) in [6.45, 7) is 0.932. The molecule has 5 nitrogen and oxygen atoms in total. The van der Waals surface area contributed by atoms with Crippen molar-refractivity contribution in [1.82, 2.24) is 9.78 Å². The second-order valence-electron chi connectivity index (χ2n) is 7.04. The molecule has 0 atom stereocenters. The van der Waals surface area contributed by atoms with Gasteiger partial charge in [-0.3, -0.25) is 0 Å². The van der Waals surface area contributed by atoms with Crippen LogP contribution in [0.1, 0.15) is 44.4 Å². The second kappa shape index (κ2) is 3.95. The Morgan fingerprint density at radius 3 is 2.26 bits per heavy atom. The Hall–Kier alpha value is -1.10. The zero-order chi connectivity index (χ0) is 13.0. The molecule has 0 aliphatic heterocycles. The molecular formula is C14H21N3O2. The third-order valence-electron chi connectivity index (χ3n) is 5.47. The van der Waals surface area contributed by atoms with Crippen LogP contribution in [-0.4, -0.2) is 9.78 Å². The van der Waals surface area contributed by atoms with Gasteiger partial charge in [-0.1, -0.05) is 0 Å². The van der Waals surface area contributed by atoms with Crippen molar-refractivity contribution in [1.29, 1.82) is 0 Å². The predicted molar refractivity (Wildman–Crippen MR) is 69.3 cm³/mol. The average molecular weight is 263 g/mol. The van der Waals surface area contributed by atoms with Gasteiger partial charge in [0.05, 0.1) is 13.1 Å². The topological polar surface area (TPSA) is 74.0 Å². The van der Waals surface area contributed by atoms with Crippen LogP contribution in [0.2, 0.25) is 0 Å². The van der Waals surface area contributed by atoms with E-state index in [4.69, 9.17) is 10.2 Å². The van der Waals surface area contributed by atoms with Crippen molar-refractivity contribution in [2.45, 2.75) is 51.6 Å². The van der Waals surface area contributed by atoms with E-state index in [1.165, 1.54) is 43.2 Å². The standard InChI is InChI=1S/C14H21N3O2/c15-7-12-16-17(13(18)19-12)8-14-4-9-1-10(5-14)3-11(2-9)6-14/h9-11H,1-8,15H2. The van der Waals surface area contributed by atoms with E-state index in [0.717, 1.165) is 24.3 Å². The maximum Gasteiger partial charge on any atom is 0.437 e. The molecule has 0 radical (unpaired) electrons. The zero-order valence-electron chi connectivity index (χ0n) is 11.2. The molecule has 104 valence electrons. The molecule has 1 heterocycles. The smallest absolute Gasteiger partial charge is 0.391 e. The fraction of sp³-hybridized carbons (Fsp3) is 0.857. The predicted octanol–water partition coefficient (Wildman–Crippen LogP) is 1.51. The van der Waals surface area contributed by atoms with Crippen LogP contribution >= 0.6 is 0 Å². The summed E-state index contributed by atoms with van der Waals surface area (Å²) < 4.78 is 6.57. The van der Waals surface area contributed by atoms with Crippen molar-refractivity contribution >= 4 is 0 Å². The molecule has 4 fully saturated rings. The first kappa shape index (κ1) is 11.7. The van der Waals surface area contributed by atoms with Crippen LogP contribution in [0.15, 0.2) is 9.21 Å². The van der Waals surface area contributed by atoms with Gasteiger partial charge in [-0.2, -0.15) is 4.68 Å². The van der Waals surface area contributed by atoms with Crippen molar-refractivity contribution in [3.8, 4) is 0 Å². The molecular weight excluding hydrogens is 242 g/mol. The van der Waals surface area contributed by atoms with Gasteiger partial charge >= 0.3 is 5.76 Å². The monoisotopic (exact) mass is 263 g/mol. The molecule has 19 heavy (non-hydrogen) atoms. The minimum Gasteiger partial charge on any atom is -0.391 e. The van der Waals surface area contributed by atoms with Crippen LogP contribution in [0.5, 0.6) is 0 Å². The lowest BCUT2D eigenvalue weighted by Crippen LogP contribution is -2.48. The highest BCUT2D eigenvalue weighted by Gasteiger charge is 2.51. The summed E-state index contributed by atoms with van der Waals surface area (Å²) in [7, 11) is 0. The van der Waals surface area contributed by atoms with Crippen molar-refractivity contribution in [3.05, 3.63) is 16.4 Å². The molecule has 0 saturated heterocycles. The summed E-state index contributed by atoms with van der Waals surface area (Å²) in [5.74, 6) is 2.69. The molecule has 4 aliphatic carbocycles. The molecule has 4 bridgehead atoms. The molecule has 5 rings (SSSR count). The highest BCUT2D eigenvalue weighted by atomic mass is 16.4. The molecule has 0 aromatic carbocycles. The highest BCUT2D eigenvalue weighted by molar-refractivity contribution is 5.01. The van der Waals surface area contributed by atoms with Gasteiger partial charge in [0.15, 0.2) is 0 Å². The van der Waals surface area contributed by atoms with Crippen LogP contribution in [0.3, 0.4) is 0 Å². The Balaban J connectivity index is 1.62. The summed E-state index contributed by atoms with van der Waals surface area (Å²) in [6, 6.07) is 0. The van der Waals surface area contributed by atoms with Crippen molar-refractivity contribution in [2.24, 2.45) is 28.9 Å². The van der Waals surface area contributed by atoms with Crippen molar-refractivity contribution < 1.29 is 4.42 Å². The third kappa shape index (κ3) is 1.86. The van der Waals surface area contributed by atoms with Crippen molar-refractivity contribution in [3.63, 3.8) is 0 Å². The number of nitrogens with zero attached hydrogens (tertiary/aromatic N) is 2. The SMILES string of the molecule is NCc1nn(CC23CC4CC(CC(C4)C2)C3)c(=O)o1. The second-order valence-corrected chi connectivity index (χ2v) is 7.04. The van der Waals surface area contributed by atoms with E-state index in [1.54, 1.807) is 0 Å². The maximum absolute atomic E-state index is 11.8. The number of hydrogen-bond donors (Lipinski definition) is 1. The molecule has 0 amide bonds. The summed E-state index contributed by atoms with van der Waals surface area (Å²) in [4.78, 5) is 11.8. The fourth-order valence-electron chi connectivity index (χ4n) is 5.33. The Bertz CT molecular complexity index is 510. The molecule has 5 heteroatoms. The minimum absolute atomic E-state index is 0.198. The molecule has 0 spiro atoms. The summed E-state index contributed by atoms with van der Waals surface area (Å²) in [5, 5.41) is 4.22. The van der Waals surface area contributed by atoms with Crippen LogP contribution in [-0.2, 0) is 13.1 Å². The molecule has 4 saturated carbocycles. The normalized spacial score (nSPS) is 39.9. The van der Waals surface area contributed by atoms with Gasteiger partial charge in [-0.05, 0) is 61.7 Å². The maximum atomic E-state index is 11.8. The van der Waals surface area contributed by atoms with Crippen LogP contribution in [0.25, 0.3) is 0 Å². The number of nitrogens with two attached hydrogens (primary N) is 1. The van der Waals surface area contributed by atoms with E-state index in [2.05, 4.69) is 5.10 Å². The number of hydrogen-bond acceptors (Lipinski definition) is 4. The van der Waals surface area contributed by atoms with Crippen LogP contribution in [0.4, 0.5) is 0 Å². The molecule has 4 aliphatic rings. The number of rotatable bonds is 3. The van der Waals surface area contributed by atoms with Gasteiger partial charge in [-0.25, -0.2) is 4.79 Å². The van der Waals surface area contributed by atoms with E-state index in [1.807, 2.05) is 0 Å². The van der Waals surface area contributed by atoms with Crippen LogP contribution in [0, 0.1) is 23.2 Å². The summed E-state index contributed by atoms with van der Waals surface area (Å²) >= 11 is 0. The van der Waals surface area contributed by atoms with Gasteiger partial charge in [0, 0.05) is 0 Å². The van der Waals surface area contributed by atoms with Gasteiger partial charge in [0.25, 0.3) is 0 Å². The Morgan fingerprint density at radius 1 is 1.21 bits per heavy atom. The zero-order valence-corrected chi connectivity index (χ0v) is 11.2. The van der Waals surface area contributed by atoms with Gasteiger partial charge in [-0.15, -0.1) is 5.10 Å². The first-order chi connectivity index (χ1) is 9.16. The fourth-order valence-corrected chi connectivity index (χ4v) is 5.33. The molecule has 1 aromatic heterocycles. The first-order valence-corrected chi connectivity index (χ1v) is 7.43. The Kier molecular flexibility index (Phi) is 2.43. The van der Waals surface area contributed by atoms with Gasteiger partial charge in [0.1, 0.15) is 0 Å². The summed E-state index contributed by atoms with van der Waals surface area (Å²) in [6.07, 6.45) is 8.08. The highest BCUT2D eigenvalue weighted by Crippen LogP contribution is 2.60. The lowest BCUT2D eigenvalue weighted by Gasteiger charge is -2.56. The van der Waals surface area contributed by atoms with Crippen molar-refractivity contribution in [2.75, 3.05) is 0 Å². The van der Waals surface area contributed by atoms with E-state index in [9.17, 15) is 4.79 Å². The largest absolute Gasteiger partial charge is 0.437 e. The minimum atomic E-state index is -0.337. The van der Waals surface area contributed by atoms with E-state index in [0.29, 0.717) is 11.3 Å². The van der Waals surface area contributed by atoms with E-state index < -0.39 is 0 Å². The van der Waals surface area contributed by atoms with Crippen LogP contribution < -0.4 is 11.5 Å². The van der Waals surface area contributed by atoms with Gasteiger partial charge in [0.2, 0.25) is 5.89 Å². The first-order valence-electron chi connectivity index (χ1n) is 7.43. The van der Waals surface area contributed by atoms with E-state index >= 15 is 0 Å².